The molecule has 5 heteroatoms. The molecular formula is C31H32N2O3. The number of carbonyl (C=O) groups excluding carboxylic acids is 1. The van der Waals surface area contributed by atoms with Gasteiger partial charge in [-0.15, -0.1) is 0 Å². The van der Waals surface area contributed by atoms with Crippen LogP contribution in [0.1, 0.15) is 80.1 Å². The van der Waals surface area contributed by atoms with E-state index in [-0.39, 0.29) is 22.6 Å². The molecule has 3 aromatic rings. The predicted octanol–water partition coefficient (Wildman–Crippen LogP) is 6.72. The molecule has 3 aromatic carbocycles. The second kappa shape index (κ2) is 9.20. The number of nitrogens with two attached hydrogens (primary N) is 1. The van der Waals surface area contributed by atoms with Crippen LogP contribution in [0.2, 0.25) is 0 Å². The molecule has 0 aromatic heterocycles. The van der Waals surface area contributed by atoms with Crippen LogP contribution in [0.25, 0.3) is 0 Å². The summed E-state index contributed by atoms with van der Waals surface area (Å²) in [4.78, 5) is 12.8. The number of hydrogen-bond acceptors (Lipinski definition) is 5. The van der Waals surface area contributed by atoms with Crippen LogP contribution in [-0.2, 0) is 10.8 Å². The second-order valence-electron chi connectivity index (χ2n) is 11.2. The quantitative estimate of drug-likeness (QED) is 0.332. The van der Waals surface area contributed by atoms with Crippen LogP contribution in [0.3, 0.4) is 0 Å². The molecule has 0 aliphatic carbocycles. The Hall–Kier alpha value is -4.04. The largest absolute Gasteiger partial charge is 0.440 e. The lowest BCUT2D eigenvalue weighted by molar-refractivity contribution is 0.0734. The van der Waals surface area contributed by atoms with E-state index in [0.29, 0.717) is 22.6 Å². The van der Waals surface area contributed by atoms with E-state index in [0.717, 1.165) is 16.7 Å². The van der Waals surface area contributed by atoms with Crippen molar-refractivity contribution in [3.63, 3.8) is 0 Å². The summed E-state index contributed by atoms with van der Waals surface area (Å²) in [6, 6.07) is 23.1. The maximum atomic E-state index is 12.8. The van der Waals surface area contributed by atoms with Gasteiger partial charge >= 0.3 is 5.97 Å². The van der Waals surface area contributed by atoms with Crippen LogP contribution in [0, 0.1) is 11.3 Å². The zero-order valence-electron chi connectivity index (χ0n) is 21.7. The monoisotopic (exact) mass is 480 g/mol. The van der Waals surface area contributed by atoms with E-state index in [2.05, 4.69) is 59.7 Å². The number of benzene rings is 3. The van der Waals surface area contributed by atoms with Gasteiger partial charge in [0.25, 0.3) is 0 Å². The van der Waals surface area contributed by atoms with Crippen molar-refractivity contribution < 1.29 is 14.3 Å². The zero-order valence-corrected chi connectivity index (χ0v) is 21.7. The van der Waals surface area contributed by atoms with Crippen molar-refractivity contribution in [2.75, 3.05) is 0 Å². The lowest BCUT2D eigenvalue weighted by atomic mass is 9.81. The van der Waals surface area contributed by atoms with Crippen molar-refractivity contribution in [1.82, 2.24) is 0 Å². The summed E-state index contributed by atoms with van der Waals surface area (Å²) in [7, 11) is 0. The first-order valence-electron chi connectivity index (χ1n) is 12.0. The Bertz CT molecular complexity index is 1360. The number of carbonyl (C=O) groups is 1. The van der Waals surface area contributed by atoms with Gasteiger partial charge in [0, 0.05) is 11.6 Å². The third-order valence-corrected chi connectivity index (χ3v) is 6.50. The van der Waals surface area contributed by atoms with E-state index in [9.17, 15) is 10.1 Å². The molecular weight excluding hydrogens is 448 g/mol. The van der Waals surface area contributed by atoms with Gasteiger partial charge in [-0.2, -0.15) is 5.26 Å². The first-order chi connectivity index (χ1) is 16.9. The smallest absolute Gasteiger partial charge is 0.343 e. The second-order valence-corrected chi connectivity index (χ2v) is 11.2. The summed E-state index contributed by atoms with van der Waals surface area (Å²) in [5.41, 5.74) is 11.1. The molecule has 1 aliphatic rings. The molecule has 184 valence electrons. The minimum absolute atomic E-state index is 0.00238. The summed E-state index contributed by atoms with van der Waals surface area (Å²) in [6.07, 6.45) is 0. The third-order valence-electron chi connectivity index (χ3n) is 6.50. The fraction of sp³-hybridized carbons (Fsp3) is 0.290. The van der Waals surface area contributed by atoms with Crippen molar-refractivity contribution in [2.24, 2.45) is 5.73 Å². The maximum Gasteiger partial charge on any atom is 0.343 e. The Morgan fingerprint density at radius 2 is 1.44 bits per heavy atom. The third kappa shape index (κ3) is 4.99. The van der Waals surface area contributed by atoms with E-state index < -0.39 is 5.97 Å². The summed E-state index contributed by atoms with van der Waals surface area (Å²) in [5.74, 6) is 0.0267. The first-order valence-corrected chi connectivity index (χ1v) is 12.0. The molecule has 1 atom stereocenters. The molecule has 0 spiro atoms. The zero-order chi connectivity index (χ0) is 26.3. The van der Waals surface area contributed by atoms with Gasteiger partial charge < -0.3 is 15.2 Å². The van der Waals surface area contributed by atoms with Crippen molar-refractivity contribution in [1.29, 1.82) is 5.26 Å². The summed E-state index contributed by atoms with van der Waals surface area (Å²) in [6.45, 7) is 12.8. The Morgan fingerprint density at radius 1 is 0.889 bits per heavy atom. The number of ether oxygens (including phenoxy) is 2. The standard InChI is InChI=1S/C31H32N2O3/c1-30(2,3)21-11-7-19(8-12-21)27-24-16-15-23(17-26(24)36-28(33)25(27)18-32)35-29(34)20-9-13-22(14-10-20)31(4,5)6/h7-17,27H,33H2,1-6H3. The maximum absolute atomic E-state index is 12.8. The van der Waals surface area contributed by atoms with Crippen LogP contribution in [0.5, 0.6) is 11.5 Å². The molecule has 0 radical (unpaired) electrons. The number of nitriles is 1. The number of nitrogens with zero attached hydrogens (tertiary/aromatic N) is 1. The molecule has 0 amide bonds. The minimum atomic E-state index is -0.457. The van der Waals surface area contributed by atoms with Gasteiger partial charge in [-0.25, -0.2) is 4.79 Å². The average Bonchev–Trinajstić information content (AvgIpc) is 2.82. The van der Waals surface area contributed by atoms with E-state index in [1.165, 1.54) is 5.56 Å². The molecule has 4 rings (SSSR count). The highest BCUT2D eigenvalue weighted by molar-refractivity contribution is 5.91. The van der Waals surface area contributed by atoms with Crippen molar-refractivity contribution in [2.45, 2.75) is 58.3 Å². The highest BCUT2D eigenvalue weighted by Gasteiger charge is 2.31. The van der Waals surface area contributed by atoms with E-state index in [4.69, 9.17) is 15.2 Å². The van der Waals surface area contributed by atoms with Crippen LogP contribution < -0.4 is 15.2 Å². The number of allylic oxidation sites excluding steroid dienone is 1. The molecule has 1 unspecified atom stereocenters. The minimum Gasteiger partial charge on any atom is -0.440 e. The molecule has 0 fully saturated rings. The van der Waals surface area contributed by atoms with Gasteiger partial charge in [0.2, 0.25) is 5.88 Å². The molecule has 0 saturated heterocycles. The van der Waals surface area contributed by atoms with Gasteiger partial charge in [-0.3, -0.25) is 0 Å². The van der Waals surface area contributed by atoms with Crippen LogP contribution in [-0.4, -0.2) is 5.97 Å². The van der Waals surface area contributed by atoms with Gasteiger partial charge in [-0.05, 0) is 45.7 Å². The fourth-order valence-corrected chi connectivity index (χ4v) is 4.29. The first kappa shape index (κ1) is 25.1. The van der Waals surface area contributed by atoms with Crippen LogP contribution >= 0.6 is 0 Å². The highest BCUT2D eigenvalue weighted by Crippen LogP contribution is 2.43. The molecule has 2 N–H and O–H groups in total. The number of fused-ring (bicyclic) bond motifs is 1. The molecule has 1 aliphatic heterocycles. The number of esters is 1. The van der Waals surface area contributed by atoms with E-state index in [1.54, 1.807) is 24.3 Å². The molecule has 36 heavy (non-hydrogen) atoms. The van der Waals surface area contributed by atoms with Gasteiger partial charge in [0.15, 0.2) is 0 Å². The Labute approximate surface area is 213 Å². The fourth-order valence-electron chi connectivity index (χ4n) is 4.29. The van der Waals surface area contributed by atoms with Crippen molar-refractivity contribution in [3.05, 3.63) is 106 Å². The van der Waals surface area contributed by atoms with Gasteiger partial charge in [-0.1, -0.05) is 84.0 Å². The predicted molar refractivity (Wildman–Crippen MR) is 141 cm³/mol. The summed E-state index contributed by atoms with van der Waals surface area (Å²) in [5, 5.41) is 9.83. The summed E-state index contributed by atoms with van der Waals surface area (Å²) < 4.78 is 11.4. The SMILES string of the molecule is CC(C)(C)c1ccc(C(=O)Oc2ccc3c(c2)OC(N)=C(C#N)C3c2ccc(C(C)(C)C)cc2)cc1. The number of hydrogen-bond donors (Lipinski definition) is 1. The Balaban J connectivity index is 1.63. The molecule has 0 bridgehead atoms. The van der Waals surface area contributed by atoms with Gasteiger partial charge in [0.05, 0.1) is 11.5 Å². The van der Waals surface area contributed by atoms with Crippen molar-refractivity contribution in [3.8, 4) is 17.6 Å². The van der Waals surface area contributed by atoms with Crippen LogP contribution in [0.15, 0.2) is 78.2 Å². The van der Waals surface area contributed by atoms with E-state index >= 15 is 0 Å². The lowest BCUT2D eigenvalue weighted by Crippen LogP contribution is -2.21. The molecule has 1 heterocycles. The normalized spacial score (nSPS) is 15.5. The van der Waals surface area contributed by atoms with E-state index in [1.807, 2.05) is 30.3 Å². The summed E-state index contributed by atoms with van der Waals surface area (Å²) >= 11 is 0. The van der Waals surface area contributed by atoms with Gasteiger partial charge in [0.1, 0.15) is 23.1 Å². The topological polar surface area (TPSA) is 85.3 Å². The lowest BCUT2D eigenvalue weighted by Gasteiger charge is -2.27. The molecule has 0 saturated carbocycles. The number of rotatable bonds is 3. The Morgan fingerprint density at radius 3 is 1.97 bits per heavy atom. The highest BCUT2D eigenvalue weighted by atomic mass is 16.5. The Kier molecular flexibility index (Phi) is 6.41. The van der Waals surface area contributed by atoms with Crippen LogP contribution in [0.4, 0.5) is 0 Å². The van der Waals surface area contributed by atoms with Crippen molar-refractivity contribution >= 4 is 5.97 Å². The average molecular weight is 481 g/mol. The molecule has 5 nitrogen and oxygen atoms in total.